The van der Waals surface area contributed by atoms with Crippen LogP contribution in [0.3, 0.4) is 0 Å². The van der Waals surface area contributed by atoms with Crippen molar-refractivity contribution in [2.45, 2.75) is 18.1 Å². The number of piperidine rings is 1. The molecule has 4 nitrogen and oxygen atoms in total. The molecule has 6 heteroatoms. The van der Waals surface area contributed by atoms with Gasteiger partial charge in [0.25, 0.3) is 0 Å². The van der Waals surface area contributed by atoms with E-state index in [0.717, 1.165) is 11.1 Å². The number of esters is 1. The molecule has 26 heavy (non-hydrogen) atoms. The van der Waals surface area contributed by atoms with Crippen LogP contribution in [0.15, 0.2) is 42.5 Å². The summed E-state index contributed by atoms with van der Waals surface area (Å²) in [6.45, 7) is 0. The lowest BCUT2D eigenvalue weighted by atomic mass is 9.77. The van der Waals surface area contributed by atoms with Crippen molar-refractivity contribution in [3.05, 3.63) is 64.4 Å². The fourth-order valence-corrected chi connectivity index (χ4v) is 5.14. The van der Waals surface area contributed by atoms with Gasteiger partial charge in [0.15, 0.2) is 0 Å². The zero-order valence-electron chi connectivity index (χ0n) is 14.1. The van der Waals surface area contributed by atoms with Crippen molar-refractivity contribution >= 4 is 23.3 Å². The second-order valence-electron chi connectivity index (χ2n) is 7.26. The Morgan fingerprint density at radius 3 is 2.65 bits per heavy atom. The minimum Gasteiger partial charge on any atom is -0.469 e. The minimum atomic E-state index is -0.348. The van der Waals surface area contributed by atoms with E-state index in [-0.39, 0.29) is 47.7 Å². The van der Waals surface area contributed by atoms with Gasteiger partial charge in [0.2, 0.25) is 0 Å². The summed E-state index contributed by atoms with van der Waals surface area (Å²) in [6, 6.07) is 13.1. The van der Waals surface area contributed by atoms with Crippen LogP contribution in [0.1, 0.15) is 23.2 Å². The van der Waals surface area contributed by atoms with Crippen LogP contribution >= 0.6 is 11.6 Å². The summed E-state index contributed by atoms with van der Waals surface area (Å²) < 4.78 is 19.6. The third-order valence-corrected chi connectivity index (χ3v) is 6.23. The van der Waals surface area contributed by atoms with Gasteiger partial charge >= 0.3 is 5.97 Å². The number of ether oxygens (including phenoxy) is 1. The van der Waals surface area contributed by atoms with Crippen molar-refractivity contribution < 1.29 is 13.9 Å². The van der Waals surface area contributed by atoms with Gasteiger partial charge in [-0.2, -0.15) is 0 Å². The number of halogens is 2. The highest BCUT2D eigenvalue weighted by molar-refractivity contribution is 6.30. The third kappa shape index (κ3) is 2.20. The molecule has 1 saturated carbocycles. The van der Waals surface area contributed by atoms with Gasteiger partial charge in [-0.1, -0.05) is 41.9 Å². The second-order valence-corrected chi connectivity index (χ2v) is 7.69. The highest BCUT2D eigenvalue weighted by Crippen LogP contribution is 2.62. The molecule has 2 heterocycles. The van der Waals surface area contributed by atoms with Gasteiger partial charge in [-0.25, -0.2) is 4.39 Å². The Bertz CT molecular complexity index is 891. The van der Waals surface area contributed by atoms with E-state index >= 15 is 0 Å². The SMILES string of the molecule is COC(=O)C1C2NC3c4cc(Cl)cc(F)c4NC(c4ccccc4)C3C21. The predicted octanol–water partition coefficient (Wildman–Crippen LogP) is 3.69. The fraction of sp³-hybridized carbons (Fsp3) is 0.350. The molecule has 0 aromatic heterocycles. The summed E-state index contributed by atoms with van der Waals surface area (Å²) in [5, 5.41) is 7.31. The van der Waals surface area contributed by atoms with E-state index in [1.165, 1.54) is 13.2 Å². The van der Waals surface area contributed by atoms with Gasteiger partial charge in [0.1, 0.15) is 5.82 Å². The van der Waals surface area contributed by atoms with Crippen LogP contribution in [0.5, 0.6) is 0 Å². The van der Waals surface area contributed by atoms with Gasteiger partial charge in [-0.15, -0.1) is 0 Å². The maximum atomic E-state index is 14.6. The molecule has 2 aromatic carbocycles. The predicted molar refractivity (Wildman–Crippen MR) is 96.4 cm³/mol. The smallest absolute Gasteiger partial charge is 0.310 e. The summed E-state index contributed by atoms with van der Waals surface area (Å²) in [4.78, 5) is 12.1. The van der Waals surface area contributed by atoms with Gasteiger partial charge in [-0.05, 0) is 29.2 Å². The van der Waals surface area contributed by atoms with Crippen LogP contribution < -0.4 is 10.6 Å². The molecule has 0 spiro atoms. The number of carbonyl (C=O) groups excluding carboxylic acids is 1. The van der Waals surface area contributed by atoms with Crippen molar-refractivity contribution in [3.8, 4) is 0 Å². The number of hydrogen-bond donors (Lipinski definition) is 2. The molecule has 2 aromatic rings. The average molecular weight is 373 g/mol. The Morgan fingerprint density at radius 2 is 1.92 bits per heavy atom. The van der Waals surface area contributed by atoms with Crippen molar-refractivity contribution in [3.63, 3.8) is 0 Å². The average Bonchev–Trinajstić information content (AvgIpc) is 3.22. The molecular formula is C20H18ClFN2O2. The van der Waals surface area contributed by atoms with Crippen molar-refractivity contribution in [2.24, 2.45) is 17.8 Å². The molecule has 0 amide bonds. The molecule has 0 radical (unpaired) electrons. The van der Waals surface area contributed by atoms with Crippen LogP contribution in [0.25, 0.3) is 0 Å². The van der Waals surface area contributed by atoms with E-state index < -0.39 is 0 Å². The van der Waals surface area contributed by atoms with Gasteiger partial charge in [-0.3, -0.25) is 4.79 Å². The summed E-state index contributed by atoms with van der Waals surface area (Å²) in [5.74, 6) is -0.378. The number of hydrogen-bond acceptors (Lipinski definition) is 4. The zero-order valence-corrected chi connectivity index (χ0v) is 14.8. The molecule has 2 fully saturated rings. The first kappa shape index (κ1) is 16.1. The molecule has 5 rings (SSSR count). The largest absolute Gasteiger partial charge is 0.469 e. The first-order valence-electron chi connectivity index (χ1n) is 8.74. The monoisotopic (exact) mass is 372 g/mol. The van der Waals surface area contributed by atoms with Crippen LogP contribution in [0.2, 0.25) is 5.02 Å². The molecule has 6 unspecified atom stereocenters. The van der Waals surface area contributed by atoms with Crippen LogP contribution in [-0.2, 0) is 9.53 Å². The molecule has 1 aliphatic carbocycles. The lowest BCUT2D eigenvalue weighted by molar-refractivity contribution is -0.143. The number of carbonyl (C=O) groups is 1. The van der Waals surface area contributed by atoms with Crippen LogP contribution in [0.4, 0.5) is 10.1 Å². The second kappa shape index (κ2) is 5.69. The molecule has 2 N–H and O–H groups in total. The fourth-order valence-electron chi connectivity index (χ4n) is 4.93. The summed E-state index contributed by atoms with van der Waals surface area (Å²) in [7, 11) is 1.42. The topological polar surface area (TPSA) is 50.4 Å². The van der Waals surface area contributed by atoms with Gasteiger partial charge in [0, 0.05) is 23.0 Å². The first-order valence-corrected chi connectivity index (χ1v) is 9.12. The maximum Gasteiger partial charge on any atom is 0.310 e. The Morgan fingerprint density at radius 1 is 1.15 bits per heavy atom. The number of anilines is 1. The molecular weight excluding hydrogens is 355 g/mol. The Kier molecular flexibility index (Phi) is 3.52. The lowest BCUT2D eigenvalue weighted by Gasteiger charge is -2.39. The maximum absolute atomic E-state index is 14.6. The van der Waals surface area contributed by atoms with Crippen molar-refractivity contribution in [1.82, 2.24) is 5.32 Å². The van der Waals surface area contributed by atoms with E-state index in [2.05, 4.69) is 10.6 Å². The molecule has 6 atom stereocenters. The molecule has 134 valence electrons. The van der Waals surface area contributed by atoms with Crippen molar-refractivity contribution in [1.29, 1.82) is 0 Å². The molecule has 1 saturated heterocycles. The third-order valence-electron chi connectivity index (χ3n) is 6.01. The summed E-state index contributed by atoms with van der Waals surface area (Å²) in [6.07, 6.45) is 0. The minimum absolute atomic E-state index is 0.0411. The Balaban J connectivity index is 1.60. The Labute approximate surface area is 155 Å². The van der Waals surface area contributed by atoms with Crippen LogP contribution in [-0.4, -0.2) is 19.1 Å². The summed E-state index contributed by atoms with van der Waals surface area (Å²) in [5.41, 5.74) is 2.41. The number of rotatable bonds is 2. The Hall–Kier alpha value is -2.11. The van der Waals surface area contributed by atoms with Crippen molar-refractivity contribution in [2.75, 3.05) is 12.4 Å². The van der Waals surface area contributed by atoms with Crippen LogP contribution in [0, 0.1) is 23.6 Å². The first-order chi connectivity index (χ1) is 12.6. The highest BCUT2D eigenvalue weighted by Gasteiger charge is 2.68. The summed E-state index contributed by atoms with van der Waals surface area (Å²) >= 11 is 6.11. The quantitative estimate of drug-likeness (QED) is 0.789. The van der Waals surface area contributed by atoms with E-state index in [0.29, 0.717) is 10.7 Å². The molecule has 2 aliphatic heterocycles. The standard InChI is InChI=1S/C20H18ClFN2O2/c1-26-20(25)15-13-14-16(9-5-3-2-4-6-9)23-17-11(18(14)24-19(13)15)7-10(21)8-12(17)22/h2-8,13-16,18-19,23-24H,1H3. The van der Waals surface area contributed by atoms with Gasteiger partial charge < -0.3 is 15.4 Å². The molecule has 0 bridgehead atoms. The number of fused-ring (bicyclic) bond motifs is 5. The van der Waals surface area contributed by atoms with E-state index in [4.69, 9.17) is 16.3 Å². The van der Waals surface area contributed by atoms with E-state index in [1.807, 2.05) is 36.4 Å². The number of benzene rings is 2. The number of methoxy groups -OCH3 is 1. The lowest BCUT2D eigenvalue weighted by Crippen LogP contribution is -2.38. The van der Waals surface area contributed by atoms with E-state index in [9.17, 15) is 9.18 Å². The van der Waals surface area contributed by atoms with E-state index in [1.54, 1.807) is 0 Å². The molecule has 3 aliphatic rings. The normalized spacial score (nSPS) is 33.5. The number of nitrogens with one attached hydrogen (secondary N) is 2. The van der Waals surface area contributed by atoms with Gasteiger partial charge in [0.05, 0.1) is 24.8 Å². The zero-order chi connectivity index (χ0) is 18.0. The highest BCUT2D eigenvalue weighted by atomic mass is 35.5.